The Labute approximate surface area is 131 Å². The van der Waals surface area contributed by atoms with Gasteiger partial charge in [0.15, 0.2) is 5.96 Å². The summed E-state index contributed by atoms with van der Waals surface area (Å²) in [5.74, 6) is 1.45. The van der Waals surface area contributed by atoms with Crippen LogP contribution in [-0.4, -0.2) is 46.2 Å². The molecule has 0 fully saturated rings. The first-order valence-corrected chi connectivity index (χ1v) is 8.50. The maximum absolute atomic E-state index is 12.0. The molecular formula is C16H27N3OS. The van der Waals surface area contributed by atoms with Crippen LogP contribution in [0.1, 0.15) is 26.3 Å². The molecule has 0 aliphatic heterocycles. The van der Waals surface area contributed by atoms with E-state index in [0.29, 0.717) is 18.8 Å². The van der Waals surface area contributed by atoms with E-state index >= 15 is 0 Å². The lowest BCUT2D eigenvalue weighted by atomic mass is 10.2. The summed E-state index contributed by atoms with van der Waals surface area (Å²) in [4.78, 5) is 6.53. The Hall–Kier alpha value is -1.36. The Morgan fingerprint density at radius 1 is 1.24 bits per heavy atom. The van der Waals surface area contributed by atoms with E-state index in [4.69, 9.17) is 0 Å². The number of nitrogens with zero attached hydrogens (tertiary/aromatic N) is 2. The molecule has 5 heteroatoms. The summed E-state index contributed by atoms with van der Waals surface area (Å²) in [5.41, 5.74) is 1.18. The maximum atomic E-state index is 12.0. The molecule has 1 aromatic carbocycles. The topological polar surface area (TPSA) is 44.7 Å². The molecule has 1 atom stereocenters. The Kier molecular flexibility index (Phi) is 6.89. The second-order valence-electron chi connectivity index (χ2n) is 6.11. The van der Waals surface area contributed by atoms with Crippen LogP contribution in [0.25, 0.3) is 0 Å². The second-order valence-corrected chi connectivity index (χ2v) is 8.43. The molecule has 1 rings (SSSR count). The Morgan fingerprint density at radius 3 is 2.38 bits per heavy atom. The molecule has 0 saturated heterocycles. The molecule has 0 spiro atoms. The Balaban J connectivity index is 2.53. The third-order valence-corrected chi connectivity index (χ3v) is 4.87. The van der Waals surface area contributed by atoms with Gasteiger partial charge in [-0.05, 0) is 26.3 Å². The zero-order valence-corrected chi connectivity index (χ0v) is 14.5. The molecule has 0 bridgehead atoms. The summed E-state index contributed by atoms with van der Waals surface area (Å²) >= 11 is 0. The van der Waals surface area contributed by atoms with Crippen molar-refractivity contribution < 1.29 is 4.21 Å². The minimum Gasteiger partial charge on any atom is -0.355 e. The molecule has 0 amide bonds. The summed E-state index contributed by atoms with van der Waals surface area (Å²) in [6.45, 7) is 7.30. The van der Waals surface area contributed by atoms with E-state index < -0.39 is 10.8 Å². The summed E-state index contributed by atoms with van der Waals surface area (Å²) in [6, 6.07) is 10.1. The molecule has 4 nitrogen and oxygen atoms in total. The zero-order valence-electron chi connectivity index (χ0n) is 13.7. The molecule has 0 aliphatic carbocycles. The minimum atomic E-state index is -0.843. The van der Waals surface area contributed by atoms with E-state index in [1.54, 1.807) is 0 Å². The van der Waals surface area contributed by atoms with Gasteiger partial charge in [-0.2, -0.15) is 0 Å². The van der Waals surface area contributed by atoms with Gasteiger partial charge in [0.1, 0.15) is 0 Å². The first-order valence-electron chi connectivity index (χ1n) is 7.19. The number of hydrogen-bond donors (Lipinski definition) is 1. The molecule has 0 heterocycles. The van der Waals surface area contributed by atoms with Gasteiger partial charge in [-0.1, -0.05) is 30.3 Å². The predicted octanol–water partition coefficient (Wildman–Crippen LogP) is 2.24. The van der Waals surface area contributed by atoms with E-state index in [0.717, 1.165) is 5.96 Å². The minimum absolute atomic E-state index is 0.166. The normalized spacial score (nSPS) is 13.9. The summed E-state index contributed by atoms with van der Waals surface area (Å²) < 4.78 is 11.8. The molecule has 0 aromatic heterocycles. The van der Waals surface area contributed by atoms with Crippen molar-refractivity contribution in [1.82, 2.24) is 10.2 Å². The number of rotatable bonds is 5. The maximum Gasteiger partial charge on any atom is 0.193 e. The van der Waals surface area contributed by atoms with Gasteiger partial charge in [0.05, 0.1) is 6.54 Å². The predicted molar refractivity (Wildman–Crippen MR) is 92.0 cm³/mol. The van der Waals surface area contributed by atoms with Crippen LogP contribution in [0.2, 0.25) is 0 Å². The van der Waals surface area contributed by atoms with Gasteiger partial charge >= 0.3 is 0 Å². The third-order valence-electron chi connectivity index (χ3n) is 2.93. The van der Waals surface area contributed by atoms with Crippen LogP contribution < -0.4 is 5.32 Å². The number of nitrogens with one attached hydrogen (secondary N) is 1. The van der Waals surface area contributed by atoms with Gasteiger partial charge in [-0.25, -0.2) is 4.99 Å². The van der Waals surface area contributed by atoms with Gasteiger partial charge in [-0.15, -0.1) is 0 Å². The number of guanidine groups is 1. The van der Waals surface area contributed by atoms with Crippen LogP contribution in [0.5, 0.6) is 0 Å². The highest BCUT2D eigenvalue weighted by Gasteiger charge is 2.18. The van der Waals surface area contributed by atoms with Crippen molar-refractivity contribution in [3.8, 4) is 0 Å². The van der Waals surface area contributed by atoms with Crippen molar-refractivity contribution in [2.75, 3.05) is 26.4 Å². The highest BCUT2D eigenvalue weighted by atomic mass is 32.2. The van der Waals surface area contributed by atoms with Crippen molar-refractivity contribution in [1.29, 1.82) is 0 Å². The van der Waals surface area contributed by atoms with Crippen LogP contribution >= 0.6 is 0 Å². The lowest BCUT2D eigenvalue weighted by Gasteiger charge is -2.20. The fraction of sp³-hybridized carbons (Fsp3) is 0.562. The molecular weight excluding hydrogens is 282 g/mol. The SMILES string of the molecule is CN(C)C(=NCc1ccccc1)NCCS(=O)C(C)(C)C. The van der Waals surface area contributed by atoms with Crippen molar-refractivity contribution in [3.05, 3.63) is 35.9 Å². The Bertz CT molecular complexity index is 478. The van der Waals surface area contributed by atoms with Gasteiger partial charge in [-0.3, -0.25) is 4.21 Å². The summed E-state index contributed by atoms with van der Waals surface area (Å²) in [7, 11) is 3.07. The quantitative estimate of drug-likeness (QED) is 0.670. The first-order chi connectivity index (χ1) is 9.80. The van der Waals surface area contributed by atoms with E-state index in [1.807, 2.05) is 58.0 Å². The smallest absolute Gasteiger partial charge is 0.193 e. The number of aliphatic imine (C=N–C) groups is 1. The molecule has 1 unspecified atom stereocenters. The van der Waals surface area contributed by atoms with Crippen LogP contribution in [0.3, 0.4) is 0 Å². The molecule has 1 aromatic rings. The highest BCUT2D eigenvalue weighted by molar-refractivity contribution is 7.86. The largest absolute Gasteiger partial charge is 0.355 e. The summed E-state index contributed by atoms with van der Waals surface area (Å²) in [6.07, 6.45) is 0. The fourth-order valence-corrected chi connectivity index (χ4v) is 2.57. The monoisotopic (exact) mass is 309 g/mol. The second kappa shape index (κ2) is 8.17. The molecule has 118 valence electrons. The van der Waals surface area contributed by atoms with Crippen LogP contribution in [0.4, 0.5) is 0 Å². The van der Waals surface area contributed by atoms with E-state index in [2.05, 4.69) is 22.4 Å². The van der Waals surface area contributed by atoms with Crippen molar-refractivity contribution >= 4 is 16.8 Å². The van der Waals surface area contributed by atoms with Gasteiger partial charge < -0.3 is 10.2 Å². The molecule has 0 saturated carbocycles. The van der Waals surface area contributed by atoms with Crippen molar-refractivity contribution in [3.63, 3.8) is 0 Å². The zero-order chi connectivity index (χ0) is 15.9. The number of benzene rings is 1. The average Bonchev–Trinajstić information content (AvgIpc) is 2.42. The summed E-state index contributed by atoms with van der Waals surface area (Å²) in [5, 5.41) is 3.28. The average molecular weight is 309 g/mol. The van der Waals surface area contributed by atoms with Crippen LogP contribution in [0, 0.1) is 0 Å². The van der Waals surface area contributed by atoms with E-state index in [1.165, 1.54) is 5.56 Å². The van der Waals surface area contributed by atoms with E-state index in [-0.39, 0.29) is 4.75 Å². The first kappa shape index (κ1) is 17.7. The molecule has 1 N–H and O–H groups in total. The van der Waals surface area contributed by atoms with Gasteiger partial charge in [0.25, 0.3) is 0 Å². The van der Waals surface area contributed by atoms with E-state index in [9.17, 15) is 4.21 Å². The highest BCUT2D eigenvalue weighted by Crippen LogP contribution is 2.10. The van der Waals surface area contributed by atoms with Crippen LogP contribution in [0.15, 0.2) is 35.3 Å². The molecule has 21 heavy (non-hydrogen) atoms. The van der Waals surface area contributed by atoms with Crippen molar-refractivity contribution in [2.45, 2.75) is 32.1 Å². The third kappa shape index (κ3) is 6.76. The Morgan fingerprint density at radius 2 is 1.86 bits per heavy atom. The number of hydrogen-bond acceptors (Lipinski definition) is 2. The molecule has 0 radical (unpaired) electrons. The standard InChI is InChI=1S/C16H27N3OS/c1-16(2,3)21(20)12-11-17-15(19(4)5)18-13-14-9-7-6-8-10-14/h6-10H,11-13H2,1-5H3,(H,17,18). The van der Waals surface area contributed by atoms with Crippen molar-refractivity contribution in [2.24, 2.45) is 4.99 Å². The molecule has 0 aliphatic rings. The van der Waals surface area contributed by atoms with Gasteiger partial charge in [0, 0.05) is 41.9 Å². The van der Waals surface area contributed by atoms with Crippen LogP contribution in [-0.2, 0) is 17.3 Å². The lowest BCUT2D eigenvalue weighted by molar-refractivity contribution is 0.582. The fourth-order valence-electron chi connectivity index (χ4n) is 1.67. The van der Waals surface area contributed by atoms with Gasteiger partial charge in [0.2, 0.25) is 0 Å². The lowest BCUT2D eigenvalue weighted by Crippen LogP contribution is -2.39.